The molecule has 0 amide bonds. The molecule has 2 N–H and O–H groups in total. The second-order valence-electron chi connectivity index (χ2n) is 5.96. The Morgan fingerprint density at radius 3 is 2.53 bits per heavy atom. The van der Waals surface area contributed by atoms with E-state index in [-0.39, 0.29) is 11.1 Å². The van der Waals surface area contributed by atoms with Crippen LogP contribution in [0.25, 0.3) is 0 Å². The van der Waals surface area contributed by atoms with Gasteiger partial charge in [0.25, 0.3) is 0 Å². The maximum Gasteiger partial charge on any atom is 0.418 e. The van der Waals surface area contributed by atoms with Crippen molar-refractivity contribution >= 4 is 11.4 Å². The van der Waals surface area contributed by atoms with Crippen LogP contribution in [0.5, 0.6) is 0 Å². The van der Waals surface area contributed by atoms with Crippen LogP contribution in [0, 0.1) is 5.41 Å². The lowest BCUT2D eigenvalue weighted by atomic mass is 9.84. The number of anilines is 2. The average Bonchev–Trinajstić information content (AvgIpc) is 2.26. The molecular formula is C14H19F3N2. The lowest BCUT2D eigenvalue weighted by Crippen LogP contribution is -2.40. The van der Waals surface area contributed by atoms with Gasteiger partial charge in [-0.05, 0) is 36.5 Å². The van der Waals surface area contributed by atoms with E-state index >= 15 is 0 Å². The Kier molecular flexibility index (Phi) is 3.41. The lowest BCUT2D eigenvalue weighted by Gasteiger charge is -2.39. The molecule has 0 aromatic heterocycles. The Morgan fingerprint density at radius 2 is 1.95 bits per heavy atom. The summed E-state index contributed by atoms with van der Waals surface area (Å²) in [6.07, 6.45) is -2.30. The molecule has 1 aromatic carbocycles. The van der Waals surface area contributed by atoms with Crippen LogP contribution in [0.15, 0.2) is 18.2 Å². The van der Waals surface area contributed by atoms with Crippen molar-refractivity contribution in [3.63, 3.8) is 0 Å². The minimum atomic E-state index is -4.40. The second kappa shape index (κ2) is 4.62. The van der Waals surface area contributed by atoms with Crippen molar-refractivity contribution in [2.45, 2.75) is 32.9 Å². The molecule has 0 radical (unpaired) electrons. The number of piperidine rings is 1. The van der Waals surface area contributed by atoms with E-state index in [9.17, 15) is 13.2 Å². The van der Waals surface area contributed by atoms with E-state index in [0.717, 1.165) is 32.0 Å². The summed E-state index contributed by atoms with van der Waals surface area (Å²) in [5.41, 5.74) is 5.21. The zero-order valence-corrected chi connectivity index (χ0v) is 11.2. The number of hydrogen-bond acceptors (Lipinski definition) is 2. The van der Waals surface area contributed by atoms with Crippen LogP contribution in [0.1, 0.15) is 32.3 Å². The predicted octanol–water partition coefficient (Wildman–Crippen LogP) is 3.91. The summed E-state index contributed by atoms with van der Waals surface area (Å²) in [5, 5.41) is 0. The Hall–Kier alpha value is -1.39. The van der Waals surface area contributed by atoms with Gasteiger partial charge in [0.05, 0.1) is 5.56 Å². The average molecular weight is 272 g/mol. The molecule has 1 aromatic rings. The maximum absolute atomic E-state index is 12.8. The molecule has 2 nitrogen and oxygen atoms in total. The van der Waals surface area contributed by atoms with Gasteiger partial charge in [0.1, 0.15) is 0 Å². The molecular weight excluding hydrogens is 253 g/mol. The molecule has 0 aliphatic carbocycles. The molecule has 1 saturated heterocycles. The molecule has 1 aliphatic heterocycles. The summed E-state index contributed by atoms with van der Waals surface area (Å²) in [5.74, 6) is 0. The zero-order chi connectivity index (χ0) is 14.3. The van der Waals surface area contributed by atoms with Crippen LogP contribution >= 0.6 is 0 Å². The van der Waals surface area contributed by atoms with Crippen molar-refractivity contribution < 1.29 is 13.2 Å². The first-order chi connectivity index (χ1) is 8.69. The van der Waals surface area contributed by atoms with E-state index in [1.165, 1.54) is 6.07 Å². The fraction of sp³-hybridized carbons (Fsp3) is 0.571. The minimum Gasteiger partial charge on any atom is -0.398 e. The number of nitrogen functional groups attached to an aromatic ring is 1. The minimum absolute atomic E-state index is 0.137. The number of rotatable bonds is 1. The quantitative estimate of drug-likeness (QED) is 0.785. The van der Waals surface area contributed by atoms with Crippen LogP contribution in [-0.2, 0) is 6.18 Å². The van der Waals surface area contributed by atoms with Crippen molar-refractivity contribution in [2.75, 3.05) is 23.7 Å². The van der Waals surface area contributed by atoms with Crippen molar-refractivity contribution in [2.24, 2.45) is 5.41 Å². The Balaban J connectivity index is 2.31. The van der Waals surface area contributed by atoms with Gasteiger partial charge in [-0.2, -0.15) is 13.2 Å². The highest BCUT2D eigenvalue weighted by molar-refractivity contribution is 5.59. The Bertz CT molecular complexity index is 466. The highest BCUT2D eigenvalue weighted by atomic mass is 19.4. The standard InChI is InChI=1S/C14H19F3N2/c1-13(2)6-3-7-19(9-13)10-4-5-12(18)11(8-10)14(15,16)17/h4-5,8H,3,6-7,9,18H2,1-2H3. The van der Waals surface area contributed by atoms with E-state index in [1.54, 1.807) is 6.07 Å². The fourth-order valence-corrected chi connectivity index (χ4v) is 2.63. The normalized spacial score (nSPS) is 19.5. The molecule has 5 heteroatoms. The largest absolute Gasteiger partial charge is 0.418 e. The summed E-state index contributed by atoms with van der Waals surface area (Å²) in [7, 11) is 0. The van der Waals surface area contributed by atoms with Crippen molar-refractivity contribution in [3.05, 3.63) is 23.8 Å². The molecule has 19 heavy (non-hydrogen) atoms. The van der Waals surface area contributed by atoms with Crippen molar-refractivity contribution in [3.8, 4) is 0 Å². The third-order valence-corrected chi connectivity index (χ3v) is 3.61. The molecule has 0 atom stereocenters. The third kappa shape index (κ3) is 3.14. The molecule has 1 aliphatic rings. The summed E-state index contributed by atoms with van der Waals surface area (Å²) < 4.78 is 38.5. The molecule has 1 heterocycles. The predicted molar refractivity (Wildman–Crippen MR) is 71.1 cm³/mol. The zero-order valence-electron chi connectivity index (χ0n) is 11.2. The summed E-state index contributed by atoms with van der Waals surface area (Å²) >= 11 is 0. The van der Waals surface area contributed by atoms with Gasteiger partial charge >= 0.3 is 6.18 Å². The third-order valence-electron chi connectivity index (χ3n) is 3.61. The fourth-order valence-electron chi connectivity index (χ4n) is 2.63. The summed E-state index contributed by atoms with van der Waals surface area (Å²) in [4.78, 5) is 2.01. The second-order valence-corrected chi connectivity index (χ2v) is 5.96. The Labute approximate surface area is 111 Å². The number of alkyl halides is 3. The molecule has 0 unspecified atom stereocenters. The van der Waals surface area contributed by atoms with Gasteiger partial charge in [-0.25, -0.2) is 0 Å². The van der Waals surface area contributed by atoms with Gasteiger partial charge in [0.2, 0.25) is 0 Å². The van der Waals surface area contributed by atoms with Crippen LogP contribution in [0.4, 0.5) is 24.5 Å². The van der Waals surface area contributed by atoms with Crippen molar-refractivity contribution in [1.82, 2.24) is 0 Å². The van der Waals surface area contributed by atoms with Crippen LogP contribution in [0.3, 0.4) is 0 Å². The molecule has 0 saturated carbocycles. The number of hydrogen-bond donors (Lipinski definition) is 1. The first-order valence-corrected chi connectivity index (χ1v) is 6.41. The smallest absolute Gasteiger partial charge is 0.398 e. The number of nitrogens with zero attached hydrogens (tertiary/aromatic N) is 1. The van der Waals surface area contributed by atoms with E-state index in [4.69, 9.17) is 5.73 Å². The van der Waals surface area contributed by atoms with Gasteiger partial charge in [0.15, 0.2) is 0 Å². The highest BCUT2D eigenvalue weighted by Crippen LogP contribution is 2.38. The summed E-state index contributed by atoms with van der Waals surface area (Å²) in [6.45, 7) is 5.85. The molecule has 0 bridgehead atoms. The van der Waals surface area contributed by atoms with Crippen molar-refractivity contribution in [1.29, 1.82) is 0 Å². The molecule has 2 rings (SSSR count). The first-order valence-electron chi connectivity index (χ1n) is 6.41. The van der Waals surface area contributed by atoms with Gasteiger partial charge in [0, 0.05) is 24.5 Å². The van der Waals surface area contributed by atoms with Crippen LogP contribution in [0.2, 0.25) is 0 Å². The van der Waals surface area contributed by atoms with E-state index < -0.39 is 11.7 Å². The van der Waals surface area contributed by atoms with Gasteiger partial charge < -0.3 is 10.6 Å². The van der Waals surface area contributed by atoms with Gasteiger partial charge in [-0.1, -0.05) is 13.8 Å². The topological polar surface area (TPSA) is 29.3 Å². The number of nitrogens with two attached hydrogens (primary N) is 1. The molecule has 106 valence electrons. The van der Waals surface area contributed by atoms with Gasteiger partial charge in [-0.3, -0.25) is 0 Å². The van der Waals surface area contributed by atoms with E-state index in [2.05, 4.69) is 13.8 Å². The van der Waals surface area contributed by atoms with Crippen LogP contribution in [-0.4, -0.2) is 13.1 Å². The van der Waals surface area contributed by atoms with Crippen LogP contribution < -0.4 is 10.6 Å². The number of halogens is 3. The molecule has 0 spiro atoms. The monoisotopic (exact) mass is 272 g/mol. The summed E-state index contributed by atoms with van der Waals surface area (Å²) in [6, 6.07) is 4.18. The molecule has 1 fully saturated rings. The maximum atomic E-state index is 12.8. The first kappa shape index (κ1) is 14.0. The lowest BCUT2D eigenvalue weighted by molar-refractivity contribution is -0.136. The van der Waals surface area contributed by atoms with E-state index in [0.29, 0.717) is 5.69 Å². The SMILES string of the molecule is CC1(C)CCCN(c2ccc(N)c(C(F)(F)F)c2)C1. The Morgan fingerprint density at radius 1 is 1.26 bits per heavy atom. The van der Waals surface area contributed by atoms with E-state index in [1.807, 2.05) is 4.90 Å². The van der Waals surface area contributed by atoms with Gasteiger partial charge in [-0.15, -0.1) is 0 Å². The highest BCUT2D eigenvalue weighted by Gasteiger charge is 2.34. The number of benzene rings is 1.